The molecule has 15 heavy (non-hydrogen) atoms. The van der Waals surface area contributed by atoms with Gasteiger partial charge in [0, 0.05) is 16.6 Å². The van der Waals surface area contributed by atoms with E-state index in [1.807, 2.05) is 12.1 Å². The van der Waals surface area contributed by atoms with Crippen LogP contribution in [0.4, 0.5) is 0 Å². The molecule has 0 aliphatic carbocycles. The van der Waals surface area contributed by atoms with Crippen molar-refractivity contribution in [3.63, 3.8) is 0 Å². The molecular weight excluding hydrogens is 260 g/mol. The molecule has 1 unspecified atom stereocenters. The van der Waals surface area contributed by atoms with Gasteiger partial charge in [-0.15, -0.1) is 0 Å². The van der Waals surface area contributed by atoms with Gasteiger partial charge in [0.15, 0.2) is 0 Å². The fraction of sp³-hybridized carbons (Fsp3) is 0.400. The lowest BCUT2D eigenvalue weighted by Gasteiger charge is -2.25. The Balaban J connectivity index is 3.15. The first-order valence-electron chi connectivity index (χ1n) is 4.51. The van der Waals surface area contributed by atoms with E-state index in [1.54, 1.807) is 20.1 Å². The van der Waals surface area contributed by atoms with Crippen molar-refractivity contribution in [2.45, 2.75) is 12.5 Å². The van der Waals surface area contributed by atoms with Crippen LogP contribution in [0.3, 0.4) is 0 Å². The van der Waals surface area contributed by atoms with Crippen molar-refractivity contribution < 1.29 is 9.84 Å². The van der Waals surface area contributed by atoms with Gasteiger partial charge in [0.1, 0.15) is 11.4 Å². The van der Waals surface area contributed by atoms with Crippen LogP contribution in [0.2, 0.25) is 0 Å². The van der Waals surface area contributed by atoms with E-state index in [4.69, 9.17) is 10.6 Å². The highest BCUT2D eigenvalue weighted by molar-refractivity contribution is 9.10. The number of hydrogen-bond acceptors (Lipinski definition) is 4. The molecule has 0 saturated carbocycles. The van der Waals surface area contributed by atoms with Crippen molar-refractivity contribution in [2.75, 3.05) is 13.7 Å². The summed E-state index contributed by atoms with van der Waals surface area (Å²) in [5.74, 6) is 5.86. The van der Waals surface area contributed by atoms with Gasteiger partial charge in [0.2, 0.25) is 0 Å². The molecule has 0 spiro atoms. The smallest absolute Gasteiger partial charge is 0.125 e. The van der Waals surface area contributed by atoms with Gasteiger partial charge in [-0.3, -0.25) is 11.3 Å². The average Bonchev–Trinajstić information content (AvgIpc) is 2.17. The summed E-state index contributed by atoms with van der Waals surface area (Å²) in [5.41, 5.74) is 2.08. The van der Waals surface area contributed by atoms with Gasteiger partial charge in [-0.05, 0) is 25.1 Å². The zero-order valence-corrected chi connectivity index (χ0v) is 10.3. The summed E-state index contributed by atoms with van der Waals surface area (Å²) in [6, 6.07) is 5.47. The molecule has 0 bridgehead atoms. The minimum atomic E-state index is -1.07. The van der Waals surface area contributed by atoms with Crippen molar-refractivity contribution in [1.29, 1.82) is 0 Å². The molecule has 1 aromatic carbocycles. The predicted molar refractivity (Wildman–Crippen MR) is 62.5 cm³/mol. The number of rotatable bonds is 4. The molecule has 0 aliphatic heterocycles. The largest absolute Gasteiger partial charge is 0.496 e. The van der Waals surface area contributed by atoms with Crippen molar-refractivity contribution in [1.82, 2.24) is 5.43 Å². The number of nitrogens with one attached hydrogen (secondary N) is 1. The summed E-state index contributed by atoms with van der Waals surface area (Å²) in [6.45, 7) is 1.93. The second-order valence-corrected chi connectivity index (χ2v) is 4.42. The van der Waals surface area contributed by atoms with E-state index in [1.165, 1.54) is 0 Å². The van der Waals surface area contributed by atoms with E-state index in [9.17, 15) is 5.11 Å². The molecule has 84 valence electrons. The first-order valence-corrected chi connectivity index (χ1v) is 5.30. The van der Waals surface area contributed by atoms with Crippen LogP contribution in [0, 0.1) is 0 Å². The quantitative estimate of drug-likeness (QED) is 0.569. The lowest BCUT2D eigenvalue weighted by atomic mass is 9.95. The summed E-state index contributed by atoms with van der Waals surface area (Å²) in [7, 11) is 1.57. The lowest BCUT2D eigenvalue weighted by Crippen LogP contribution is -2.39. The summed E-state index contributed by atoms with van der Waals surface area (Å²) in [5, 5.41) is 10.2. The number of methoxy groups -OCH3 is 1. The van der Waals surface area contributed by atoms with E-state index in [2.05, 4.69) is 21.4 Å². The summed E-state index contributed by atoms with van der Waals surface area (Å²) in [4.78, 5) is 0. The third-order valence-electron chi connectivity index (χ3n) is 2.19. The summed E-state index contributed by atoms with van der Waals surface area (Å²) >= 11 is 3.35. The predicted octanol–water partition coefficient (Wildman–Crippen LogP) is 1.13. The molecule has 1 rings (SSSR count). The Morgan fingerprint density at radius 2 is 2.27 bits per heavy atom. The fourth-order valence-electron chi connectivity index (χ4n) is 1.40. The standard InChI is InChI=1S/C10H15BrN2O2/c1-10(14,6-13-12)8-5-7(11)3-4-9(8)15-2/h3-5,13-14H,6,12H2,1-2H3. The van der Waals surface area contributed by atoms with Crippen LogP contribution in [-0.2, 0) is 5.60 Å². The molecule has 0 saturated heterocycles. The highest BCUT2D eigenvalue weighted by Crippen LogP contribution is 2.31. The van der Waals surface area contributed by atoms with Crippen LogP contribution >= 0.6 is 15.9 Å². The molecule has 5 heteroatoms. The van der Waals surface area contributed by atoms with Gasteiger partial charge in [-0.2, -0.15) is 0 Å². The van der Waals surface area contributed by atoms with Crippen molar-refractivity contribution >= 4 is 15.9 Å². The molecule has 0 amide bonds. The van der Waals surface area contributed by atoms with Crippen LogP contribution in [-0.4, -0.2) is 18.8 Å². The van der Waals surface area contributed by atoms with Crippen LogP contribution in [0.1, 0.15) is 12.5 Å². The maximum atomic E-state index is 10.2. The third kappa shape index (κ3) is 2.92. The maximum Gasteiger partial charge on any atom is 0.125 e. The molecule has 0 radical (unpaired) electrons. The SMILES string of the molecule is COc1ccc(Br)cc1C(C)(O)CNN. The van der Waals surface area contributed by atoms with Gasteiger partial charge in [0.25, 0.3) is 0 Å². The highest BCUT2D eigenvalue weighted by atomic mass is 79.9. The fourth-order valence-corrected chi connectivity index (χ4v) is 1.76. The maximum absolute atomic E-state index is 10.2. The second kappa shape index (κ2) is 4.94. The number of hydrogen-bond donors (Lipinski definition) is 3. The Morgan fingerprint density at radius 1 is 1.60 bits per heavy atom. The molecular formula is C10H15BrN2O2. The first kappa shape index (κ1) is 12.4. The van der Waals surface area contributed by atoms with Crippen LogP contribution in [0.5, 0.6) is 5.75 Å². The molecule has 0 aromatic heterocycles. The number of halogens is 1. The van der Waals surface area contributed by atoms with Crippen LogP contribution < -0.4 is 16.0 Å². The van der Waals surface area contributed by atoms with Crippen LogP contribution in [0.15, 0.2) is 22.7 Å². The van der Waals surface area contributed by atoms with Crippen LogP contribution in [0.25, 0.3) is 0 Å². The molecule has 4 nitrogen and oxygen atoms in total. The van der Waals surface area contributed by atoms with Crippen molar-refractivity contribution in [2.24, 2.45) is 5.84 Å². The number of ether oxygens (including phenoxy) is 1. The Morgan fingerprint density at radius 3 is 2.80 bits per heavy atom. The van der Waals surface area contributed by atoms with Crippen molar-refractivity contribution in [3.8, 4) is 5.75 Å². The number of benzene rings is 1. The molecule has 0 aliphatic rings. The Hall–Kier alpha value is -0.620. The van der Waals surface area contributed by atoms with Gasteiger partial charge in [-0.25, -0.2) is 0 Å². The number of nitrogens with two attached hydrogens (primary N) is 1. The molecule has 1 atom stereocenters. The second-order valence-electron chi connectivity index (χ2n) is 3.50. The highest BCUT2D eigenvalue weighted by Gasteiger charge is 2.26. The Kier molecular flexibility index (Phi) is 4.10. The van der Waals surface area contributed by atoms with Gasteiger partial charge >= 0.3 is 0 Å². The van der Waals surface area contributed by atoms with E-state index in [0.717, 1.165) is 4.47 Å². The van der Waals surface area contributed by atoms with E-state index >= 15 is 0 Å². The number of aliphatic hydroxyl groups is 1. The molecule has 0 heterocycles. The zero-order chi connectivity index (χ0) is 11.5. The average molecular weight is 275 g/mol. The zero-order valence-electron chi connectivity index (χ0n) is 8.75. The van der Waals surface area contributed by atoms with Gasteiger partial charge < -0.3 is 9.84 Å². The Bertz CT molecular complexity index is 342. The normalized spacial score (nSPS) is 14.7. The summed E-state index contributed by atoms with van der Waals surface area (Å²) < 4.78 is 6.07. The Labute approximate surface area is 97.5 Å². The molecule has 4 N–H and O–H groups in total. The first-order chi connectivity index (χ1) is 7.01. The van der Waals surface area contributed by atoms with Crippen molar-refractivity contribution in [3.05, 3.63) is 28.2 Å². The minimum Gasteiger partial charge on any atom is -0.496 e. The number of hydrazine groups is 1. The van der Waals surface area contributed by atoms with E-state index < -0.39 is 5.60 Å². The van der Waals surface area contributed by atoms with Gasteiger partial charge in [0.05, 0.1) is 7.11 Å². The molecule has 0 fully saturated rings. The van der Waals surface area contributed by atoms with E-state index in [0.29, 0.717) is 11.3 Å². The van der Waals surface area contributed by atoms with E-state index in [-0.39, 0.29) is 6.54 Å². The monoisotopic (exact) mass is 274 g/mol. The third-order valence-corrected chi connectivity index (χ3v) is 2.68. The minimum absolute atomic E-state index is 0.250. The lowest BCUT2D eigenvalue weighted by molar-refractivity contribution is 0.0546. The topological polar surface area (TPSA) is 67.5 Å². The molecule has 1 aromatic rings. The van der Waals surface area contributed by atoms with Gasteiger partial charge in [-0.1, -0.05) is 15.9 Å². The summed E-state index contributed by atoms with van der Waals surface area (Å²) in [6.07, 6.45) is 0.